The van der Waals surface area contributed by atoms with Gasteiger partial charge in [0.2, 0.25) is 0 Å². The zero-order chi connectivity index (χ0) is 19.6. The number of alkyl halides is 1. The fourth-order valence-corrected chi connectivity index (χ4v) is 5.44. The Morgan fingerprint density at radius 1 is 1.10 bits per heavy atom. The van der Waals surface area contributed by atoms with E-state index in [2.05, 4.69) is 43.0 Å². The van der Waals surface area contributed by atoms with Crippen molar-refractivity contribution in [1.29, 1.82) is 0 Å². The van der Waals surface area contributed by atoms with Gasteiger partial charge in [0.05, 0.1) is 24.1 Å². The number of thiazole rings is 1. The molecule has 1 aromatic carbocycles. The Labute approximate surface area is 179 Å². The first-order valence-electron chi connectivity index (χ1n) is 10.2. The van der Waals surface area contributed by atoms with E-state index in [0.29, 0.717) is 5.92 Å². The molecule has 2 atom stereocenters. The largest absolute Gasteiger partial charge is 0.378 e. The van der Waals surface area contributed by atoms with Gasteiger partial charge in [-0.3, -0.25) is 0 Å². The minimum absolute atomic E-state index is 0.0428. The molecule has 2 aliphatic heterocycles. The Hall–Kier alpha value is -1.96. The SMILES string of the molecule is ClC(c1nccs1)C1CCCN(c2ncnc3cc(N4CCOCC4)ccc23)C1. The summed E-state index contributed by atoms with van der Waals surface area (Å²) in [7, 11) is 0. The van der Waals surface area contributed by atoms with Gasteiger partial charge in [0.25, 0.3) is 0 Å². The molecule has 2 aromatic heterocycles. The van der Waals surface area contributed by atoms with Crippen LogP contribution in [0.1, 0.15) is 23.2 Å². The van der Waals surface area contributed by atoms with E-state index >= 15 is 0 Å². The van der Waals surface area contributed by atoms with Crippen molar-refractivity contribution in [3.05, 3.63) is 41.1 Å². The highest BCUT2D eigenvalue weighted by atomic mass is 35.5. The van der Waals surface area contributed by atoms with Crippen molar-refractivity contribution in [2.24, 2.45) is 5.92 Å². The number of nitrogens with zero attached hydrogens (tertiary/aromatic N) is 5. The molecule has 0 spiro atoms. The third-order valence-electron chi connectivity index (χ3n) is 5.83. The lowest BCUT2D eigenvalue weighted by atomic mass is 9.94. The molecule has 152 valence electrons. The van der Waals surface area contributed by atoms with E-state index in [0.717, 1.165) is 74.0 Å². The van der Waals surface area contributed by atoms with E-state index in [9.17, 15) is 0 Å². The number of halogens is 1. The molecule has 0 radical (unpaired) electrons. The van der Waals surface area contributed by atoms with E-state index < -0.39 is 0 Å². The molecule has 6 nitrogen and oxygen atoms in total. The first-order chi connectivity index (χ1) is 14.3. The fourth-order valence-electron chi connectivity index (χ4n) is 4.32. The second kappa shape index (κ2) is 8.42. The molecule has 4 heterocycles. The molecule has 2 unspecified atom stereocenters. The molecule has 29 heavy (non-hydrogen) atoms. The summed E-state index contributed by atoms with van der Waals surface area (Å²) in [4.78, 5) is 18.4. The second-order valence-electron chi connectivity index (χ2n) is 7.62. The number of benzene rings is 1. The van der Waals surface area contributed by atoms with Crippen molar-refractivity contribution in [2.75, 3.05) is 49.2 Å². The maximum atomic E-state index is 6.78. The molecule has 0 saturated carbocycles. The predicted molar refractivity (Wildman–Crippen MR) is 118 cm³/mol. The van der Waals surface area contributed by atoms with E-state index in [-0.39, 0.29) is 5.38 Å². The summed E-state index contributed by atoms with van der Waals surface area (Å²) in [6, 6.07) is 6.52. The van der Waals surface area contributed by atoms with Crippen molar-refractivity contribution in [3.63, 3.8) is 0 Å². The number of rotatable bonds is 4. The van der Waals surface area contributed by atoms with Crippen LogP contribution in [-0.4, -0.2) is 54.3 Å². The average Bonchev–Trinajstić information content (AvgIpc) is 3.33. The van der Waals surface area contributed by atoms with Crippen LogP contribution in [0, 0.1) is 5.92 Å². The lowest BCUT2D eigenvalue weighted by Crippen LogP contribution is -2.37. The Morgan fingerprint density at radius 3 is 2.83 bits per heavy atom. The Morgan fingerprint density at radius 2 is 2.00 bits per heavy atom. The van der Waals surface area contributed by atoms with E-state index in [1.807, 2.05) is 11.6 Å². The number of piperidine rings is 1. The first-order valence-corrected chi connectivity index (χ1v) is 11.5. The highest BCUT2D eigenvalue weighted by Gasteiger charge is 2.29. The van der Waals surface area contributed by atoms with Crippen LogP contribution in [0.25, 0.3) is 10.9 Å². The zero-order valence-corrected chi connectivity index (χ0v) is 17.8. The van der Waals surface area contributed by atoms with Crippen LogP contribution in [0.3, 0.4) is 0 Å². The van der Waals surface area contributed by atoms with Gasteiger partial charge in [-0.15, -0.1) is 22.9 Å². The van der Waals surface area contributed by atoms with Crippen LogP contribution in [0.4, 0.5) is 11.5 Å². The molecule has 0 bridgehead atoms. The van der Waals surface area contributed by atoms with Crippen LogP contribution in [0.5, 0.6) is 0 Å². The lowest BCUT2D eigenvalue weighted by molar-refractivity contribution is 0.122. The number of anilines is 2. The van der Waals surface area contributed by atoms with Crippen molar-refractivity contribution in [2.45, 2.75) is 18.2 Å². The van der Waals surface area contributed by atoms with Crippen molar-refractivity contribution < 1.29 is 4.74 Å². The van der Waals surface area contributed by atoms with Gasteiger partial charge in [-0.2, -0.15) is 0 Å². The van der Waals surface area contributed by atoms with Crippen LogP contribution in [-0.2, 0) is 4.74 Å². The zero-order valence-electron chi connectivity index (χ0n) is 16.2. The van der Waals surface area contributed by atoms with E-state index in [1.165, 1.54) is 5.69 Å². The Balaban J connectivity index is 1.40. The minimum atomic E-state index is -0.0428. The van der Waals surface area contributed by atoms with E-state index in [4.69, 9.17) is 16.3 Å². The maximum Gasteiger partial charge on any atom is 0.139 e. The summed E-state index contributed by atoms with van der Waals surface area (Å²) < 4.78 is 5.47. The van der Waals surface area contributed by atoms with E-state index in [1.54, 1.807) is 17.7 Å². The highest BCUT2D eigenvalue weighted by Crippen LogP contribution is 2.38. The van der Waals surface area contributed by atoms with Gasteiger partial charge < -0.3 is 14.5 Å². The molecular formula is C21H24ClN5OS. The summed E-state index contributed by atoms with van der Waals surface area (Å²) in [6.07, 6.45) is 5.74. The van der Waals surface area contributed by atoms with Crippen molar-refractivity contribution in [3.8, 4) is 0 Å². The van der Waals surface area contributed by atoms with Crippen LogP contribution in [0.15, 0.2) is 36.1 Å². The number of ether oxygens (including phenoxy) is 1. The summed E-state index contributed by atoms with van der Waals surface area (Å²) in [5, 5.41) is 4.07. The normalized spacial score (nSPS) is 21.5. The number of aromatic nitrogens is 3. The van der Waals surface area contributed by atoms with Gasteiger partial charge in [-0.1, -0.05) is 0 Å². The summed E-state index contributed by atoms with van der Waals surface area (Å²) in [5.74, 6) is 1.38. The number of hydrogen-bond acceptors (Lipinski definition) is 7. The Kier molecular flexibility index (Phi) is 5.52. The number of fused-ring (bicyclic) bond motifs is 1. The molecule has 0 N–H and O–H groups in total. The van der Waals surface area contributed by atoms with Crippen LogP contribution < -0.4 is 9.80 Å². The van der Waals surface area contributed by atoms with Crippen LogP contribution in [0.2, 0.25) is 0 Å². The molecular weight excluding hydrogens is 406 g/mol. The summed E-state index contributed by atoms with van der Waals surface area (Å²) in [6.45, 7) is 5.29. The van der Waals surface area contributed by atoms with Gasteiger partial charge in [0.15, 0.2) is 0 Å². The molecule has 3 aromatic rings. The fraction of sp³-hybridized carbons (Fsp3) is 0.476. The second-order valence-corrected chi connectivity index (χ2v) is 9.01. The van der Waals surface area contributed by atoms with Gasteiger partial charge in [0.1, 0.15) is 17.2 Å². The van der Waals surface area contributed by atoms with Gasteiger partial charge in [-0.25, -0.2) is 15.0 Å². The highest BCUT2D eigenvalue weighted by molar-refractivity contribution is 7.09. The van der Waals surface area contributed by atoms with Crippen LogP contribution >= 0.6 is 22.9 Å². The van der Waals surface area contributed by atoms with Crippen molar-refractivity contribution in [1.82, 2.24) is 15.0 Å². The quantitative estimate of drug-likeness (QED) is 0.581. The average molecular weight is 430 g/mol. The molecule has 2 fully saturated rings. The summed E-state index contributed by atoms with van der Waals surface area (Å²) >= 11 is 8.42. The molecule has 8 heteroatoms. The molecule has 2 aliphatic rings. The predicted octanol–water partition coefficient (Wildman–Crippen LogP) is 4.12. The lowest BCUT2D eigenvalue weighted by Gasteiger charge is -2.35. The molecule has 0 amide bonds. The molecule has 5 rings (SSSR count). The Bertz CT molecular complexity index is 963. The molecule has 0 aliphatic carbocycles. The standard InChI is InChI=1S/C21H24ClN5OS/c22-19(21-23-5-11-29-21)15-2-1-6-27(13-15)20-17-4-3-16(12-18(17)24-14-25-20)26-7-9-28-10-8-26/h3-5,11-12,14-15,19H,1-2,6-10,13H2. The topological polar surface area (TPSA) is 54.4 Å². The van der Waals surface area contributed by atoms with Gasteiger partial charge in [0, 0.05) is 48.8 Å². The smallest absolute Gasteiger partial charge is 0.139 e. The minimum Gasteiger partial charge on any atom is -0.378 e. The maximum absolute atomic E-state index is 6.78. The van der Waals surface area contributed by atoms with Crippen molar-refractivity contribution >= 4 is 45.3 Å². The van der Waals surface area contributed by atoms with Gasteiger partial charge in [-0.05, 0) is 37.0 Å². The number of morpholine rings is 1. The first kappa shape index (κ1) is 19.0. The third kappa shape index (κ3) is 3.91. The van der Waals surface area contributed by atoms with Gasteiger partial charge >= 0.3 is 0 Å². The monoisotopic (exact) mass is 429 g/mol. The number of hydrogen-bond donors (Lipinski definition) is 0. The summed E-state index contributed by atoms with van der Waals surface area (Å²) in [5.41, 5.74) is 2.19. The third-order valence-corrected chi connectivity index (χ3v) is 7.38. The molecule has 2 saturated heterocycles.